The summed E-state index contributed by atoms with van der Waals surface area (Å²) in [5.74, 6) is 0. The molecule has 0 fully saturated rings. The van der Waals surface area contributed by atoms with Crippen molar-refractivity contribution >= 4 is 27.7 Å². The number of rotatable bonds is 5. The number of halogens is 1. The molecule has 0 saturated heterocycles. The Morgan fingerprint density at radius 1 is 1.37 bits per heavy atom. The Balaban J connectivity index is 2.40. The summed E-state index contributed by atoms with van der Waals surface area (Å²) in [6.45, 7) is 2.97. The van der Waals surface area contributed by atoms with E-state index in [0.29, 0.717) is 0 Å². The number of nitrogens with zero attached hydrogens (tertiary/aromatic N) is 2. The van der Waals surface area contributed by atoms with E-state index in [4.69, 9.17) is 0 Å². The second kappa shape index (κ2) is 6.59. The van der Waals surface area contributed by atoms with Crippen LogP contribution in [-0.4, -0.2) is 23.1 Å². The van der Waals surface area contributed by atoms with Crippen molar-refractivity contribution in [3.63, 3.8) is 0 Å². The first-order chi connectivity index (χ1) is 9.21. The van der Waals surface area contributed by atoms with E-state index in [1.54, 1.807) is 11.8 Å². The van der Waals surface area contributed by atoms with Gasteiger partial charge >= 0.3 is 0 Å². The largest absolute Gasteiger partial charge is 0.308 e. The molecular weight excluding hydrogens is 322 g/mol. The molecule has 19 heavy (non-hydrogen) atoms. The van der Waals surface area contributed by atoms with Crippen LogP contribution in [0.2, 0.25) is 0 Å². The molecule has 1 aromatic heterocycles. The molecule has 0 bridgehead atoms. The molecular formula is C14H18BrN3S. The quantitative estimate of drug-likeness (QED) is 0.842. The van der Waals surface area contributed by atoms with Crippen LogP contribution in [-0.2, 0) is 6.54 Å². The molecule has 1 atom stereocenters. The number of aromatic nitrogens is 2. The van der Waals surface area contributed by atoms with Gasteiger partial charge in [-0.1, -0.05) is 12.1 Å². The molecule has 1 N–H and O–H groups in total. The Hall–Kier alpha value is -0.780. The summed E-state index contributed by atoms with van der Waals surface area (Å²) in [6, 6.07) is 8.81. The molecule has 0 aliphatic carbocycles. The molecule has 102 valence electrons. The van der Waals surface area contributed by atoms with Crippen LogP contribution in [0.5, 0.6) is 0 Å². The van der Waals surface area contributed by atoms with Crippen LogP contribution in [0.1, 0.15) is 24.2 Å². The van der Waals surface area contributed by atoms with Gasteiger partial charge in [-0.3, -0.25) is 4.68 Å². The van der Waals surface area contributed by atoms with Gasteiger partial charge < -0.3 is 5.32 Å². The maximum Gasteiger partial charge on any atom is 0.0757 e. The topological polar surface area (TPSA) is 29.9 Å². The van der Waals surface area contributed by atoms with Gasteiger partial charge in [-0.15, -0.1) is 11.8 Å². The highest BCUT2D eigenvalue weighted by Gasteiger charge is 2.19. The third-order valence-corrected chi connectivity index (χ3v) is 4.50. The number of thioether (sulfide) groups is 1. The fourth-order valence-corrected chi connectivity index (χ4v) is 3.10. The van der Waals surface area contributed by atoms with Gasteiger partial charge in [-0.2, -0.15) is 5.10 Å². The van der Waals surface area contributed by atoms with Gasteiger partial charge in [-0.25, -0.2) is 0 Å². The van der Waals surface area contributed by atoms with Crippen molar-refractivity contribution in [2.75, 3.05) is 13.3 Å². The van der Waals surface area contributed by atoms with Crippen molar-refractivity contribution in [3.05, 3.63) is 46.2 Å². The van der Waals surface area contributed by atoms with E-state index >= 15 is 0 Å². The second-order valence-electron chi connectivity index (χ2n) is 4.19. The van der Waals surface area contributed by atoms with Crippen molar-refractivity contribution < 1.29 is 0 Å². The second-order valence-corrected chi connectivity index (χ2v) is 5.92. The molecule has 1 heterocycles. The summed E-state index contributed by atoms with van der Waals surface area (Å²) in [5, 5.41) is 7.76. The predicted molar refractivity (Wildman–Crippen MR) is 84.7 cm³/mol. The molecule has 3 nitrogen and oxygen atoms in total. The lowest BCUT2D eigenvalue weighted by Gasteiger charge is -2.19. The van der Waals surface area contributed by atoms with E-state index in [1.807, 2.05) is 17.9 Å². The van der Waals surface area contributed by atoms with Crippen LogP contribution in [0.3, 0.4) is 0 Å². The molecule has 1 unspecified atom stereocenters. The number of aryl methyl sites for hydroxylation is 1. The Kier molecular flexibility index (Phi) is 5.07. The van der Waals surface area contributed by atoms with E-state index in [0.717, 1.165) is 11.0 Å². The van der Waals surface area contributed by atoms with E-state index in [-0.39, 0.29) is 6.04 Å². The minimum atomic E-state index is 0.146. The van der Waals surface area contributed by atoms with Crippen LogP contribution in [0.4, 0.5) is 0 Å². The molecule has 1 aromatic carbocycles. The third kappa shape index (κ3) is 3.04. The highest BCUT2D eigenvalue weighted by Crippen LogP contribution is 2.29. The number of benzene rings is 1. The summed E-state index contributed by atoms with van der Waals surface area (Å²) in [5.41, 5.74) is 2.41. The summed E-state index contributed by atoms with van der Waals surface area (Å²) in [7, 11) is 1.98. The molecule has 0 amide bonds. The van der Waals surface area contributed by atoms with Gasteiger partial charge in [0.05, 0.1) is 22.4 Å². The van der Waals surface area contributed by atoms with Crippen molar-refractivity contribution in [1.82, 2.24) is 15.1 Å². The number of hydrogen-bond donors (Lipinski definition) is 1. The molecule has 2 rings (SSSR count). The summed E-state index contributed by atoms with van der Waals surface area (Å²) in [4.78, 5) is 1.28. The van der Waals surface area contributed by atoms with Crippen LogP contribution in [0.15, 0.2) is 39.8 Å². The molecule has 2 aromatic rings. The lowest BCUT2D eigenvalue weighted by atomic mass is 10.0. The van der Waals surface area contributed by atoms with E-state index in [9.17, 15) is 0 Å². The Morgan fingerprint density at radius 3 is 2.58 bits per heavy atom. The summed E-state index contributed by atoms with van der Waals surface area (Å²) in [6.07, 6.45) is 3.95. The molecule has 0 saturated carbocycles. The zero-order valence-corrected chi connectivity index (χ0v) is 13.8. The highest BCUT2D eigenvalue weighted by molar-refractivity contribution is 9.10. The highest BCUT2D eigenvalue weighted by atomic mass is 79.9. The van der Waals surface area contributed by atoms with Gasteiger partial charge in [0, 0.05) is 11.4 Å². The van der Waals surface area contributed by atoms with Crippen LogP contribution in [0, 0.1) is 0 Å². The lowest BCUT2D eigenvalue weighted by molar-refractivity contribution is 0.561. The van der Waals surface area contributed by atoms with E-state index < -0.39 is 0 Å². The van der Waals surface area contributed by atoms with Crippen molar-refractivity contribution in [3.8, 4) is 0 Å². The SMILES string of the molecule is CCn1ncc(Br)c1C(NC)c1ccc(SC)cc1. The Bertz CT molecular complexity index is 536. The lowest BCUT2D eigenvalue weighted by Crippen LogP contribution is -2.21. The summed E-state index contributed by atoms with van der Waals surface area (Å²) >= 11 is 5.36. The number of hydrogen-bond acceptors (Lipinski definition) is 3. The smallest absolute Gasteiger partial charge is 0.0757 e. The monoisotopic (exact) mass is 339 g/mol. The normalized spacial score (nSPS) is 12.6. The molecule has 0 radical (unpaired) electrons. The average molecular weight is 340 g/mol. The molecule has 5 heteroatoms. The van der Waals surface area contributed by atoms with Crippen molar-refractivity contribution in [2.45, 2.75) is 24.4 Å². The van der Waals surface area contributed by atoms with Crippen molar-refractivity contribution in [1.29, 1.82) is 0 Å². The Labute approximate surface area is 126 Å². The number of nitrogens with one attached hydrogen (secondary N) is 1. The van der Waals surface area contributed by atoms with Gasteiger partial charge in [0.1, 0.15) is 0 Å². The predicted octanol–water partition coefficient (Wildman–Crippen LogP) is 3.70. The molecule has 0 spiro atoms. The van der Waals surface area contributed by atoms with Crippen LogP contribution >= 0.6 is 27.7 Å². The maximum atomic E-state index is 4.39. The van der Waals surface area contributed by atoms with Gasteiger partial charge in [0.2, 0.25) is 0 Å². The van der Waals surface area contributed by atoms with Crippen LogP contribution in [0.25, 0.3) is 0 Å². The summed E-state index contributed by atoms with van der Waals surface area (Å²) < 4.78 is 3.07. The van der Waals surface area contributed by atoms with E-state index in [2.05, 4.69) is 63.8 Å². The van der Waals surface area contributed by atoms with E-state index in [1.165, 1.54) is 16.2 Å². The first-order valence-corrected chi connectivity index (χ1v) is 8.25. The fourth-order valence-electron chi connectivity index (χ4n) is 2.17. The molecule has 0 aliphatic rings. The minimum absolute atomic E-state index is 0.146. The minimum Gasteiger partial charge on any atom is -0.308 e. The van der Waals surface area contributed by atoms with Gasteiger partial charge in [0.25, 0.3) is 0 Å². The van der Waals surface area contributed by atoms with Gasteiger partial charge in [-0.05, 0) is 53.9 Å². The fraction of sp³-hybridized carbons (Fsp3) is 0.357. The van der Waals surface area contributed by atoms with Gasteiger partial charge in [0.15, 0.2) is 0 Å². The first-order valence-electron chi connectivity index (χ1n) is 6.23. The molecule has 0 aliphatic heterocycles. The standard InChI is InChI=1S/C14H18BrN3S/c1-4-18-14(12(15)9-17-18)13(16-2)10-5-7-11(19-3)8-6-10/h5-9,13,16H,4H2,1-3H3. The van der Waals surface area contributed by atoms with Crippen LogP contribution < -0.4 is 5.32 Å². The third-order valence-electron chi connectivity index (χ3n) is 3.14. The first kappa shape index (κ1) is 14.6. The Morgan fingerprint density at radius 2 is 2.05 bits per heavy atom. The van der Waals surface area contributed by atoms with Crippen molar-refractivity contribution in [2.24, 2.45) is 0 Å². The average Bonchev–Trinajstić information content (AvgIpc) is 2.82. The zero-order chi connectivity index (χ0) is 13.8. The zero-order valence-electron chi connectivity index (χ0n) is 11.4. The maximum absolute atomic E-state index is 4.39.